The topological polar surface area (TPSA) is 92.5 Å². The zero-order valence-corrected chi connectivity index (χ0v) is 17.6. The van der Waals surface area contributed by atoms with Crippen LogP contribution in [0.25, 0.3) is 10.9 Å². The Morgan fingerprint density at radius 3 is 2.62 bits per heavy atom. The van der Waals surface area contributed by atoms with E-state index in [0.29, 0.717) is 23.9 Å². The Morgan fingerprint density at radius 2 is 2.00 bits per heavy atom. The minimum absolute atomic E-state index is 0.133. The molecule has 7 nitrogen and oxygen atoms in total. The summed E-state index contributed by atoms with van der Waals surface area (Å²) in [6.07, 6.45) is 3.06. The lowest BCUT2D eigenvalue weighted by Gasteiger charge is -2.24. The maximum atomic E-state index is 14.4. The number of halogens is 1. The number of hydrogen-bond donors (Lipinski definition) is 3. The molecule has 1 aromatic heterocycles. The van der Waals surface area contributed by atoms with Crippen LogP contribution in [0.15, 0.2) is 18.3 Å². The van der Waals surface area contributed by atoms with Crippen molar-refractivity contribution in [2.24, 2.45) is 0 Å². The van der Waals surface area contributed by atoms with Gasteiger partial charge in [0.15, 0.2) is 0 Å². The largest absolute Gasteiger partial charge is 0.465 e. The number of carbonyl (C=O) groups excluding carboxylic acids is 2. The molecular formula is C21H30FN3O4. The molecule has 2 aromatic rings. The number of methoxy groups -OCH3 is 1. The molecule has 0 radical (unpaired) electrons. The molecule has 3 N–H and O–H groups in total. The quantitative estimate of drug-likeness (QED) is 0.351. The number of hydrogen-bond acceptors (Lipinski definition) is 5. The summed E-state index contributed by atoms with van der Waals surface area (Å²) >= 11 is 0. The number of H-pyrrole nitrogens is 1. The van der Waals surface area contributed by atoms with Gasteiger partial charge in [-0.05, 0) is 51.4 Å². The molecule has 0 spiro atoms. The molecule has 0 bridgehead atoms. The molecule has 29 heavy (non-hydrogen) atoms. The van der Waals surface area contributed by atoms with Gasteiger partial charge in [0.25, 0.3) is 0 Å². The molecule has 0 saturated heterocycles. The number of aromatic nitrogens is 1. The van der Waals surface area contributed by atoms with Crippen molar-refractivity contribution in [2.75, 3.05) is 13.7 Å². The van der Waals surface area contributed by atoms with Crippen molar-refractivity contribution in [3.8, 4) is 0 Å². The molecule has 8 heteroatoms. The summed E-state index contributed by atoms with van der Waals surface area (Å²) in [4.78, 5) is 27.0. The number of unbranched alkanes of at least 4 members (excludes halogenated alkanes) is 1. The van der Waals surface area contributed by atoms with Crippen LogP contribution in [0.2, 0.25) is 0 Å². The highest BCUT2D eigenvalue weighted by Gasteiger charge is 2.21. The average molecular weight is 407 g/mol. The van der Waals surface area contributed by atoms with Crippen molar-refractivity contribution >= 4 is 23.0 Å². The molecule has 0 saturated carbocycles. The van der Waals surface area contributed by atoms with Crippen LogP contribution >= 0.6 is 0 Å². The molecule has 1 atom stereocenters. The van der Waals surface area contributed by atoms with Gasteiger partial charge in [-0.3, -0.25) is 5.32 Å². The molecule has 0 unspecified atom stereocenters. The summed E-state index contributed by atoms with van der Waals surface area (Å²) in [5.74, 6) is -1.15. The van der Waals surface area contributed by atoms with Crippen LogP contribution in [0.3, 0.4) is 0 Å². The van der Waals surface area contributed by atoms with Crippen LogP contribution in [0, 0.1) is 5.82 Å². The maximum absolute atomic E-state index is 14.4. The fourth-order valence-corrected chi connectivity index (χ4v) is 2.95. The number of alkyl carbamates (subject to hydrolysis) is 1. The summed E-state index contributed by atoms with van der Waals surface area (Å²) in [5, 5.41) is 6.69. The molecule has 0 fully saturated rings. The van der Waals surface area contributed by atoms with Crippen LogP contribution in [0.4, 0.5) is 9.18 Å². The van der Waals surface area contributed by atoms with Gasteiger partial charge in [0.05, 0.1) is 24.4 Å². The van der Waals surface area contributed by atoms with Crippen LogP contribution in [0.1, 0.15) is 56.5 Å². The van der Waals surface area contributed by atoms with E-state index in [-0.39, 0.29) is 5.56 Å². The molecule has 2 rings (SSSR count). The van der Waals surface area contributed by atoms with Crippen molar-refractivity contribution in [1.82, 2.24) is 15.6 Å². The standard InChI is InChI=1S/C21H30FN3O4/c1-6-7-8-23-17(25-20(27)29-21(2,3)4)11-14-12-24-18-15(14)9-13(10-16(18)22)19(26)28-5/h9-10,12,17,23-24H,6-8,11H2,1-5H3,(H,25,27)/t17-/m1/s1. The van der Waals surface area contributed by atoms with Crippen LogP contribution in [0.5, 0.6) is 0 Å². The second-order valence-corrected chi connectivity index (χ2v) is 7.90. The summed E-state index contributed by atoms with van der Waals surface area (Å²) in [7, 11) is 1.25. The Hall–Kier alpha value is -2.61. The minimum Gasteiger partial charge on any atom is -0.465 e. The lowest BCUT2D eigenvalue weighted by atomic mass is 10.1. The highest BCUT2D eigenvalue weighted by atomic mass is 19.1. The molecule has 0 aliphatic carbocycles. The van der Waals surface area contributed by atoms with Gasteiger partial charge < -0.3 is 19.8 Å². The third-order valence-electron chi connectivity index (χ3n) is 4.28. The van der Waals surface area contributed by atoms with E-state index in [1.165, 1.54) is 7.11 Å². The van der Waals surface area contributed by atoms with Gasteiger partial charge >= 0.3 is 12.1 Å². The first-order valence-corrected chi connectivity index (χ1v) is 9.75. The van der Waals surface area contributed by atoms with Crippen molar-refractivity contribution in [3.63, 3.8) is 0 Å². The Bertz CT molecular complexity index is 857. The molecule has 1 amide bonds. The van der Waals surface area contributed by atoms with Gasteiger partial charge in [0.1, 0.15) is 11.4 Å². The van der Waals surface area contributed by atoms with Crippen LogP contribution < -0.4 is 10.6 Å². The van der Waals surface area contributed by atoms with E-state index in [1.54, 1.807) is 33.0 Å². The number of rotatable bonds is 8. The lowest BCUT2D eigenvalue weighted by molar-refractivity contribution is 0.0493. The normalized spacial score (nSPS) is 12.6. The van der Waals surface area contributed by atoms with Crippen molar-refractivity contribution in [2.45, 2.75) is 58.7 Å². The van der Waals surface area contributed by atoms with Gasteiger partial charge in [0.2, 0.25) is 0 Å². The number of carbonyl (C=O) groups is 2. The number of nitrogens with one attached hydrogen (secondary N) is 3. The van der Waals surface area contributed by atoms with E-state index in [2.05, 4.69) is 22.5 Å². The van der Waals surface area contributed by atoms with Crippen molar-refractivity contribution in [3.05, 3.63) is 35.3 Å². The van der Waals surface area contributed by atoms with E-state index in [9.17, 15) is 14.0 Å². The highest BCUT2D eigenvalue weighted by Crippen LogP contribution is 2.24. The van der Waals surface area contributed by atoms with Gasteiger partial charge in [-0.15, -0.1) is 0 Å². The predicted octanol–water partition coefficient (Wildman–Crippen LogP) is 3.88. The smallest absolute Gasteiger partial charge is 0.408 e. The zero-order chi connectivity index (χ0) is 21.6. The van der Waals surface area contributed by atoms with E-state index >= 15 is 0 Å². The lowest BCUT2D eigenvalue weighted by Crippen LogP contribution is -2.48. The van der Waals surface area contributed by atoms with Gasteiger partial charge in [-0.25, -0.2) is 14.0 Å². The molecular weight excluding hydrogens is 377 g/mol. The monoisotopic (exact) mass is 407 g/mol. The zero-order valence-electron chi connectivity index (χ0n) is 17.6. The van der Waals surface area contributed by atoms with Gasteiger partial charge in [-0.2, -0.15) is 0 Å². The maximum Gasteiger partial charge on any atom is 0.408 e. The number of esters is 1. The fraction of sp³-hybridized carbons (Fsp3) is 0.524. The van der Waals surface area contributed by atoms with E-state index in [0.717, 1.165) is 24.5 Å². The van der Waals surface area contributed by atoms with E-state index < -0.39 is 29.6 Å². The number of ether oxygens (including phenoxy) is 2. The number of benzene rings is 1. The second-order valence-electron chi connectivity index (χ2n) is 7.90. The number of fused-ring (bicyclic) bond motifs is 1. The Morgan fingerprint density at radius 1 is 1.28 bits per heavy atom. The third kappa shape index (κ3) is 6.45. The molecule has 160 valence electrons. The third-order valence-corrected chi connectivity index (χ3v) is 4.28. The Balaban J connectivity index is 2.26. The van der Waals surface area contributed by atoms with Crippen molar-refractivity contribution < 1.29 is 23.5 Å². The van der Waals surface area contributed by atoms with Crippen LogP contribution in [-0.2, 0) is 15.9 Å². The Labute approximate surface area is 170 Å². The summed E-state index contributed by atoms with van der Waals surface area (Å²) < 4.78 is 24.4. The SMILES string of the molecule is CCCCN[C@@H](Cc1c[nH]c2c(F)cc(C(=O)OC)cc12)NC(=O)OC(C)(C)C. The summed E-state index contributed by atoms with van der Waals surface area (Å²) in [6, 6.07) is 2.73. The van der Waals surface area contributed by atoms with Gasteiger partial charge in [0, 0.05) is 18.0 Å². The average Bonchev–Trinajstić information content (AvgIpc) is 3.03. The van der Waals surface area contributed by atoms with Gasteiger partial charge in [-0.1, -0.05) is 13.3 Å². The summed E-state index contributed by atoms with van der Waals surface area (Å²) in [6.45, 7) is 8.17. The second kappa shape index (κ2) is 9.73. The number of aromatic amines is 1. The van der Waals surface area contributed by atoms with E-state index in [4.69, 9.17) is 9.47 Å². The first-order chi connectivity index (χ1) is 13.6. The molecule has 1 aromatic carbocycles. The fourth-order valence-electron chi connectivity index (χ4n) is 2.95. The van der Waals surface area contributed by atoms with Crippen LogP contribution in [-0.4, -0.2) is 42.5 Å². The Kier molecular flexibility index (Phi) is 7.61. The highest BCUT2D eigenvalue weighted by molar-refractivity contribution is 5.96. The summed E-state index contributed by atoms with van der Waals surface area (Å²) in [5.41, 5.74) is 0.582. The first-order valence-electron chi connectivity index (χ1n) is 9.75. The molecule has 0 aliphatic heterocycles. The number of amides is 1. The molecule has 1 heterocycles. The van der Waals surface area contributed by atoms with Crippen molar-refractivity contribution in [1.29, 1.82) is 0 Å². The van der Waals surface area contributed by atoms with E-state index in [1.807, 2.05) is 0 Å². The predicted molar refractivity (Wildman–Crippen MR) is 109 cm³/mol. The first kappa shape index (κ1) is 22.7. The minimum atomic E-state index is -0.614. The molecule has 0 aliphatic rings.